The van der Waals surface area contributed by atoms with Gasteiger partial charge in [-0.25, -0.2) is 0 Å². The zero-order chi connectivity index (χ0) is 45.7. The van der Waals surface area contributed by atoms with Gasteiger partial charge in [-0.05, 0) is 153 Å². The van der Waals surface area contributed by atoms with Gasteiger partial charge in [-0.15, -0.1) is 0 Å². The Balaban J connectivity index is 1.04. The van der Waals surface area contributed by atoms with E-state index in [9.17, 15) is 0 Å². The minimum absolute atomic E-state index is 0.620. The predicted octanol–water partition coefficient (Wildman–Crippen LogP) is 18.4. The van der Waals surface area contributed by atoms with Gasteiger partial charge in [-0.2, -0.15) is 0 Å². The van der Waals surface area contributed by atoms with Crippen LogP contribution in [-0.2, 0) is 5.41 Å². The van der Waals surface area contributed by atoms with Crippen LogP contribution in [0, 0.1) is 0 Å². The molecule has 0 unspecified atom stereocenters. The summed E-state index contributed by atoms with van der Waals surface area (Å²) in [6.45, 7) is 0. The molecule has 322 valence electrons. The maximum Gasteiger partial charge on any atom is 0.0755 e. The van der Waals surface area contributed by atoms with E-state index in [0.29, 0.717) is 0 Å². The summed E-state index contributed by atoms with van der Waals surface area (Å²) in [6.07, 6.45) is 0. The van der Waals surface area contributed by atoms with Crippen molar-refractivity contribution in [1.29, 1.82) is 0 Å². The van der Waals surface area contributed by atoms with Gasteiger partial charge >= 0.3 is 0 Å². The summed E-state index contributed by atoms with van der Waals surface area (Å²) in [5.41, 5.74) is 28.5. The average molecular weight is 884 g/mol. The Morgan fingerprint density at radius 2 is 0.600 bits per heavy atom. The lowest BCUT2D eigenvalue weighted by molar-refractivity contribution is 0.756. The van der Waals surface area contributed by atoms with E-state index in [0.717, 1.165) is 0 Å². The molecule has 4 aliphatic rings. The molecule has 0 fully saturated rings. The molecule has 1 nitrogen and oxygen atoms in total. The van der Waals surface area contributed by atoms with Crippen molar-refractivity contribution in [2.45, 2.75) is 5.41 Å². The first-order valence-electron chi connectivity index (χ1n) is 24.5. The molecule has 70 heavy (non-hydrogen) atoms. The fourth-order valence-electron chi connectivity index (χ4n) is 13.1. The van der Waals surface area contributed by atoms with Crippen LogP contribution in [0.4, 0.5) is 17.1 Å². The Morgan fingerprint density at radius 1 is 0.214 bits per heavy atom. The maximum atomic E-state index is 2.71. The van der Waals surface area contributed by atoms with E-state index in [4.69, 9.17) is 0 Å². The topological polar surface area (TPSA) is 3.24 Å². The van der Waals surface area contributed by atoms with Crippen LogP contribution in [0.25, 0.3) is 111 Å². The van der Waals surface area contributed by atoms with Crippen molar-refractivity contribution >= 4 is 38.6 Å². The standard InChI is InChI=1S/C69H41N/c1-5-15-42(16-6-1)48-27-31-54-55-32-28-49(43-17-7-2-8-18-43)41-63(55)69(62(54)40-48)60-33-29-46-23-13-25-56-58-38-53(52-36-50(44-19-9-3-10-20-44)35-51(37-52)45-21-11-4-12-22-45)39-59-57-26-14-24-47-30-34-61(69)68(65(47)57)70(66(58)59)67(60)64(46)56/h1-41H. The number of hydrogen-bond acceptors (Lipinski definition) is 1. The van der Waals surface area contributed by atoms with Crippen LogP contribution in [0.2, 0.25) is 0 Å². The fourth-order valence-corrected chi connectivity index (χ4v) is 13.1. The molecule has 0 amide bonds. The molecule has 0 bridgehead atoms. The Kier molecular flexibility index (Phi) is 7.60. The molecule has 0 saturated heterocycles. The summed E-state index contributed by atoms with van der Waals surface area (Å²) in [5.74, 6) is 0. The Labute approximate surface area is 406 Å². The highest BCUT2D eigenvalue weighted by Crippen LogP contribution is 2.71. The van der Waals surface area contributed by atoms with E-state index in [2.05, 4.69) is 254 Å². The summed E-state index contributed by atoms with van der Waals surface area (Å²) in [4.78, 5) is 2.71. The first kappa shape index (κ1) is 38.0. The van der Waals surface area contributed by atoms with Gasteiger partial charge in [0.1, 0.15) is 0 Å². The molecule has 3 aliphatic heterocycles. The van der Waals surface area contributed by atoms with Crippen LogP contribution in [0.15, 0.2) is 249 Å². The van der Waals surface area contributed by atoms with Gasteiger partial charge in [0.25, 0.3) is 0 Å². The Bertz CT molecular complexity index is 3940. The molecule has 12 aromatic carbocycles. The Hall–Kier alpha value is -9.04. The van der Waals surface area contributed by atoms with Crippen LogP contribution in [0.3, 0.4) is 0 Å². The van der Waals surface area contributed by atoms with Crippen LogP contribution in [0.5, 0.6) is 0 Å². The van der Waals surface area contributed by atoms with E-state index in [-0.39, 0.29) is 0 Å². The smallest absolute Gasteiger partial charge is 0.0755 e. The van der Waals surface area contributed by atoms with Gasteiger partial charge in [0.15, 0.2) is 0 Å². The lowest BCUT2D eigenvalue weighted by Gasteiger charge is -2.50. The zero-order valence-electron chi connectivity index (χ0n) is 38.1. The second kappa shape index (κ2) is 14.0. The van der Waals surface area contributed by atoms with E-state index in [1.807, 2.05) is 0 Å². The Morgan fingerprint density at radius 3 is 1.03 bits per heavy atom. The predicted molar refractivity (Wildman–Crippen MR) is 292 cm³/mol. The zero-order valence-corrected chi connectivity index (χ0v) is 38.1. The van der Waals surface area contributed by atoms with Crippen LogP contribution in [-0.4, -0.2) is 0 Å². The number of benzene rings is 12. The first-order valence-corrected chi connectivity index (χ1v) is 24.5. The molecule has 0 radical (unpaired) electrons. The highest BCUT2D eigenvalue weighted by Gasteiger charge is 2.55. The molecule has 0 saturated carbocycles. The molecular formula is C69H41N. The molecule has 0 N–H and O–H groups in total. The van der Waals surface area contributed by atoms with Crippen molar-refractivity contribution in [2.75, 3.05) is 4.90 Å². The number of nitrogens with zero attached hydrogens (tertiary/aromatic N) is 1. The summed E-state index contributed by atoms with van der Waals surface area (Å²) in [6, 6.07) is 93.9. The van der Waals surface area contributed by atoms with E-state index in [1.54, 1.807) is 0 Å². The molecule has 3 heterocycles. The van der Waals surface area contributed by atoms with Crippen molar-refractivity contribution in [3.63, 3.8) is 0 Å². The number of hydrogen-bond donors (Lipinski definition) is 0. The van der Waals surface area contributed by atoms with Crippen LogP contribution >= 0.6 is 0 Å². The van der Waals surface area contributed by atoms with Gasteiger partial charge in [-0.3, -0.25) is 0 Å². The fraction of sp³-hybridized carbons (Fsp3) is 0.0145. The third-order valence-electron chi connectivity index (χ3n) is 16.0. The lowest BCUT2D eigenvalue weighted by atomic mass is 9.62. The SMILES string of the molecule is c1ccc(-c2cc(-c3ccccc3)cc(-c3cc4c5c(c3)-c3cccc6ccc7c(c36)N5c3c(ccc5cccc-4c35)C73c4cc(-c5ccccc5)ccc4-c4ccc(-c5ccccc5)cc43)c2)cc1. The van der Waals surface area contributed by atoms with Crippen LogP contribution < -0.4 is 4.90 Å². The van der Waals surface area contributed by atoms with Crippen molar-refractivity contribution in [3.05, 3.63) is 271 Å². The second-order valence-corrected chi connectivity index (χ2v) is 19.5. The highest BCUT2D eigenvalue weighted by molar-refractivity contribution is 6.26. The molecule has 1 aliphatic carbocycles. The van der Waals surface area contributed by atoms with Crippen molar-refractivity contribution < 1.29 is 0 Å². The normalized spacial score (nSPS) is 13.5. The minimum atomic E-state index is -0.620. The van der Waals surface area contributed by atoms with Gasteiger partial charge in [0.05, 0.1) is 22.5 Å². The number of anilines is 3. The van der Waals surface area contributed by atoms with Gasteiger partial charge < -0.3 is 4.90 Å². The van der Waals surface area contributed by atoms with Crippen molar-refractivity contribution in [3.8, 4) is 89.0 Å². The monoisotopic (exact) mass is 883 g/mol. The highest BCUT2D eigenvalue weighted by atomic mass is 15.2. The summed E-state index contributed by atoms with van der Waals surface area (Å²) >= 11 is 0. The minimum Gasteiger partial charge on any atom is -0.307 e. The molecule has 16 rings (SSSR count). The molecule has 1 heteroatoms. The van der Waals surface area contributed by atoms with Crippen LogP contribution in [0.1, 0.15) is 22.3 Å². The first-order chi connectivity index (χ1) is 34.7. The third kappa shape index (κ3) is 5.00. The largest absolute Gasteiger partial charge is 0.307 e. The molecule has 0 atom stereocenters. The number of rotatable bonds is 5. The van der Waals surface area contributed by atoms with Gasteiger partial charge in [0, 0.05) is 21.9 Å². The maximum absolute atomic E-state index is 2.71. The molecule has 12 aromatic rings. The van der Waals surface area contributed by atoms with E-state index < -0.39 is 5.41 Å². The second-order valence-electron chi connectivity index (χ2n) is 19.5. The number of fused-ring (bicyclic) bond motifs is 9. The van der Waals surface area contributed by atoms with Gasteiger partial charge in [-0.1, -0.05) is 206 Å². The summed E-state index contributed by atoms with van der Waals surface area (Å²) < 4.78 is 0. The lowest BCUT2D eigenvalue weighted by Crippen LogP contribution is -2.38. The molecule has 0 aromatic heterocycles. The van der Waals surface area contributed by atoms with Gasteiger partial charge in [0.2, 0.25) is 0 Å². The quantitative estimate of drug-likeness (QED) is 0.166. The van der Waals surface area contributed by atoms with Crippen molar-refractivity contribution in [2.24, 2.45) is 0 Å². The summed E-state index contributed by atoms with van der Waals surface area (Å²) in [5, 5.41) is 5.14. The molecule has 1 spiro atoms. The molecular weight excluding hydrogens is 843 g/mol. The van der Waals surface area contributed by atoms with Crippen molar-refractivity contribution in [1.82, 2.24) is 0 Å². The summed E-state index contributed by atoms with van der Waals surface area (Å²) in [7, 11) is 0. The third-order valence-corrected chi connectivity index (χ3v) is 16.0. The van der Waals surface area contributed by atoms with E-state index in [1.165, 1.54) is 150 Å². The average Bonchev–Trinajstić information content (AvgIpc) is 3.72. The van der Waals surface area contributed by atoms with E-state index >= 15 is 0 Å².